The zero-order valence-electron chi connectivity index (χ0n) is 24.9. The number of benzene rings is 7. The van der Waals surface area contributed by atoms with Gasteiger partial charge in [-0.15, -0.1) is 0 Å². The summed E-state index contributed by atoms with van der Waals surface area (Å²) in [4.78, 5) is 14.7. The second-order valence-corrected chi connectivity index (χ2v) is 11.6. The van der Waals surface area contributed by atoms with Crippen molar-refractivity contribution in [1.29, 1.82) is 0 Å². The predicted molar refractivity (Wildman–Crippen MR) is 192 cm³/mol. The maximum atomic E-state index is 5.28. The number of aromatic nitrogens is 3. The molecule has 9 aromatic rings. The van der Waals surface area contributed by atoms with Gasteiger partial charge >= 0.3 is 0 Å². The van der Waals surface area contributed by atoms with Gasteiger partial charge in [-0.25, -0.2) is 9.97 Å². The number of pyridine rings is 1. The predicted octanol–water partition coefficient (Wildman–Crippen LogP) is 11.2. The molecule has 3 heteroatoms. The van der Waals surface area contributed by atoms with Crippen LogP contribution < -0.4 is 0 Å². The zero-order valence-corrected chi connectivity index (χ0v) is 24.9. The Kier molecular flexibility index (Phi) is 6.14. The lowest BCUT2D eigenvalue weighted by molar-refractivity contribution is 1.19. The lowest BCUT2D eigenvalue weighted by Crippen LogP contribution is -1.97. The molecule has 214 valence electrons. The highest BCUT2D eigenvalue weighted by molar-refractivity contribution is 6.32. The molecule has 0 saturated carbocycles. The summed E-state index contributed by atoms with van der Waals surface area (Å²) in [6.45, 7) is 0. The molecule has 0 atom stereocenters. The summed E-state index contributed by atoms with van der Waals surface area (Å²) in [6, 6.07) is 53.6. The largest absolute Gasteiger partial charge is 0.264 e. The Morgan fingerprint density at radius 2 is 0.891 bits per heavy atom. The van der Waals surface area contributed by atoms with E-state index >= 15 is 0 Å². The minimum Gasteiger partial charge on any atom is -0.264 e. The van der Waals surface area contributed by atoms with Gasteiger partial charge < -0.3 is 0 Å². The van der Waals surface area contributed by atoms with Crippen LogP contribution in [0.3, 0.4) is 0 Å². The van der Waals surface area contributed by atoms with E-state index in [1.165, 1.54) is 43.1 Å². The normalized spacial score (nSPS) is 11.5. The minimum absolute atomic E-state index is 0.696. The molecule has 0 spiro atoms. The summed E-state index contributed by atoms with van der Waals surface area (Å²) >= 11 is 0. The third kappa shape index (κ3) is 4.33. The van der Waals surface area contributed by atoms with Crippen LogP contribution in [0.4, 0.5) is 0 Å². The van der Waals surface area contributed by atoms with Gasteiger partial charge in [0.05, 0.1) is 11.4 Å². The Bertz CT molecular complexity index is 2560. The molecule has 0 bridgehead atoms. The van der Waals surface area contributed by atoms with Crippen molar-refractivity contribution in [3.63, 3.8) is 0 Å². The standard InChI is InChI=1S/C43H27N3/c1-2-11-29(12-3-1)40-26-41(46-43(45-40)30-22-20-28(21-23-30)31-13-10-24-44-27-31)38-25-39-34-16-5-4-14-32(34)33-15-6-8-18-36(33)42(39)37-19-9-7-17-35(37)38/h1-27H. The van der Waals surface area contributed by atoms with Gasteiger partial charge in [0.15, 0.2) is 5.82 Å². The fourth-order valence-electron chi connectivity index (χ4n) is 6.80. The molecule has 0 aliphatic rings. The molecule has 3 nitrogen and oxygen atoms in total. The fourth-order valence-corrected chi connectivity index (χ4v) is 6.80. The van der Waals surface area contributed by atoms with E-state index in [0.29, 0.717) is 5.82 Å². The van der Waals surface area contributed by atoms with Gasteiger partial charge in [-0.2, -0.15) is 0 Å². The topological polar surface area (TPSA) is 38.7 Å². The molecule has 9 rings (SSSR count). The zero-order chi connectivity index (χ0) is 30.5. The summed E-state index contributed by atoms with van der Waals surface area (Å²) in [5.74, 6) is 0.696. The van der Waals surface area contributed by atoms with Crippen molar-refractivity contribution in [2.75, 3.05) is 0 Å². The molecule has 0 saturated heterocycles. The average molecular weight is 586 g/mol. The van der Waals surface area contributed by atoms with Crippen LogP contribution in [0, 0.1) is 0 Å². The highest BCUT2D eigenvalue weighted by Gasteiger charge is 2.17. The van der Waals surface area contributed by atoms with E-state index in [2.05, 4.69) is 145 Å². The van der Waals surface area contributed by atoms with Crippen LogP contribution in [-0.2, 0) is 0 Å². The second-order valence-electron chi connectivity index (χ2n) is 11.6. The van der Waals surface area contributed by atoms with Gasteiger partial charge in [0.25, 0.3) is 0 Å². The molecule has 2 aromatic heterocycles. The molecule has 0 amide bonds. The summed E-state index contributed by atoms with van der Waals surface area (Å²) in [7, 11) is 0. The lowest BCUT2D eigenvalue weighted by Gasteiger charge is -2.16. The highest BCUT2D eigenvalue weighted by Crippen LogP contribution is 2.43. The molecule has 46 heavy (non-hydrogen) atoms. The molecule has 0 fully saturated rings. The number of nitrogens with zero attached hydrogens (tertiary/aromatic N) is 3. The Morgan fingerprint density at radius 3 is 1.59 bits per heavy atom. The summed E-state index contributed by atoms with van der Waals surface area (Å²) in [6.07, 6.45) is 3.68. The maximum Gasteiger partial charge on any atom is 0.160 e. The third-order valence-corrected chi connectivity index (χ3v) is 8.96. The minimum atomic E-state index is 0.696. The molecule has 0 aliphatic heterocycles. The number of fused-ring (bicyclic) bond motifs is 8. The third-order valence-electron chi connectivity index (χ3n) is 8.96. The van der Waals surface area contributed by atoms with E-state index in [1.807, 2.05) is 18.3 Å². The van der Waals surface area contributed by atoms with Gasteiger partial charge in [-0.05, 0) is 72.4 Å². The van der Waals surface area contributed by atoms with E-state index in [0.717, 1.165) is 39.2 Å². The first-order valence-corrected chi connectivity index (χ1v) is 15.5. The van der Waals surface area contributed by atoms with Gasteiger partial charge in [0.2, 0.25) is 0 Å². The van der Waals surface area contributed by atoms with Crippen LogP contribution in [0.2, 0.25) is 0 Å². The van der Waals surface area contributed by atoms with Crippen molar-refractivity contribution in [2.24, 2.45) is 0 Å². The molecule has 0 unspecified atom stereocenters. The van der Waals surface area contributed by atoms with Crippen LogP contribution in [-0.4, -0.2) is 15.0 Å². The summed E-state index contributed by atoms with van der Waals surface area (Å²) in [5.41, 5.74) is 7.09. The van der Waals surface area contributed by atoms with E-state index in [-0.39, 0.29) is 0 Å². The Labute approximate surface area is 266 Å². The summed E-state index contributed by atoms with van der Waals surface area (Å²) < 4.78 is 0. The van der Waals surface area contributed by atoms with Crippen molar-refractivity contribution < 1.29 is 0 Å². The molecular weight excluding hydrogens is 558 g/mol. The monoisotopic (exact) mass is 585 g/mol. The van der Waals surface area contributed by atoms with Crippen molar-refractivity contribution in [3.05, 3.63) is 164 Å². The highest BCUT2D eigenvalue weighted by atomic mass is 14.9. The van der Waals surface area contributed by atoms with E-state index in [4.69, 9.17) is 9.97 Å². The molecule has 7 aromatic carbocycles. The molecule has 0 N–H and O–H groups in total. The number of rotatable bonds is 4. The maximum absolute atomic E-state index is 5.28. The fraction of sp³-hybridized carbons (Fsp3) is 0. The van der Waals surface area contributed by atoms with Crippen LogP contribution in [0.1, 0.15) is 0 Å². The van der Waals surface area contributed by atoms with Gasteiger partial charge in [0.1, 0.15) is 0 Å². The van der Waals surface area contributed by atoms with Crippen LogP contribution in [0.15, 0.2) is 164 Å². The quantitative estimate of drug-likeness (QED) is 0.193. The SMILES string of the molecule is c1ccc(-c2cc(-c3cc4c5ccccc5c5ccccc5c4c4ccccc34)nc(-c3ccc(-c4cccnc4)cc3)n2)cc1. The van der Waals surface area contributed by atoms with Crippen molar-refractivity contribution >= 4 is 43.1 Å². The first kappa shape index (κ1) is 26.2. The van der Waals surface area contributed by atoms with E-state index < -0.39 is 0 Å². The average Bonchev–Trinajstić information content (AvgIpc) is 3.15. The Morgan fingerprint density at radius 1 is 0.348 bits per heavy atom. The first-order valence-electron chi connectivity index (χ1n) is 15.5. The Balaban J connectivity index is 1.33. The number of hydrogen-bond acceptors (Lipinski definition) is 3. The van der Waals surface area contributed by atoms with Gasteiger partial charge in [-0.1, -0.05) is 133 Å². The molecule has 0 aliphatic carbocycles. The van der Waals surface area contributed by atoms with Crippen LogP contribution >= 0.6 is 0 Å². The van der Waals surface area contributed by atoms with Gasteiger partial charge in [-0.3, -0.25) is 4.98 Å². The van der Waals surface area contributed by atoms with E-state index in [1.54, 1.807) is 6.20 Å². The number of hydrogen-bond donors (Lipinski definition) is 0. The van der Waals surface area contributed by atoms with Crippen LogP contribution in [0.5, 0.6) is 0 Å². The Hall–Kier alpha value is -6.19. The van der Waals surface area contributed by atoms with E-state index in [9.17, 15) is 0 Å². The summed E-state index contributed by atoms with van der Waals surface area (Å²) in [5, 5.41) is 9.93. The van der Waals surface area contributed by atoms with Crippen LogP contribution in [0.25, 0.3) is 88.1 Å². The van der Waals surface area contributed by atoms with Crippen molar-refractivity contribution in [3.8, 4) is 45.0 Å². The smallest absolute Gasteiger partial charge is 0.160 e. The molecule has 0 radical (unpaired) electrons. The molecule has 2 heterocycles. The molecular formula is C43H27N3. The lowest BCUT2D eigenvalue weighted by atomic mass is 9.88. The second kappa shape index (κ2) is 10.8. The first-order chi connectivity index (χ1) is 22.8. The van der Waals surface area contributed by atoms with Crippen molar-refractivity contribution in [2.45, 2.75) is 0 Å². The van der Waals surface area contributed by atoms with Crippen molar-refractivity contribution in [1.82, 2.24) is 15.0 Å². The van der Waals surface area contributed by atoms with Gasteiger partial charge in [0, 0.05) is 29.1 Å².